The second kappa shape index (κ2) is 8.26. The number of para-hydroxylation sites is 1. The summed E-state index contributed by atoms with van der Waals surface area (Å²) in [5.41, 5.74) is 5.06. The lowest BCUT2D eigenvalue weighted by molar-refractivity contribution is 0.667. The zero-order chi connectivity index (χ0) is 20.2. The molecule has 0 aliphatic carbocycles. The third kappa shape index (κ3) is 3.70. The van der Waals surface area contributed by atoms with Crippen molar-refractivity contribution in [2.75, 3.05) is 6.54 Å². The summed E-state index contributed by atoms with van der Waals surface area (Å²) in [5.74, 6) is 0.951. The molecule has 0 fully saturated rings. The highest BCUT2D eigenvalue weighted by Crippen LogP contribution is 2.23. The van der Waals surface area contributed by atoms with E-state index in [9.17, 15) is 0 Å². The Labute approximate surface area is 174 Å². The molecular weight excluding hydrogens is 374 g/mol. The van der Waals surface area contributed by atoms with E-state index in [-0.39, 0.29) is 0 Å². The van der Waals surface area contributed by atoms with Crippen molar-refractivity contribution in [1.29, 1.82) is 0 Å². The number of hydrogen-bond acceptors (Lipinski definition) is 5. The number of fused-ring (bicyclic) bond motifs is 1. The number of nitrogens with one attached hydrogen (secondary N) is 1. The Kier molecular flexibility index (Phi) is 5.01. The van der Waals surface area contributed by atoms with Gasteiger partial charge in [0.25, 0.3) is 0 Å². The Morgan fingerprint density at radius 1 is 0.867 bits per heavy atom. The van der Waals surface area contributed by atoms with Crippen LogP contribution in [0.25, 0.3) is 22.6 Å². The average Bonchev–Trinajstić information content (AvgIpc) is 3.42. The highest BCUT2D eigenvalue weighted by molar-refractivity contribution is 5.62. The van der Waals surface area contributed by atoms with Gasteiger partial charge < -0.3 is 5.32 Å². The van der Waals surface area contributed by atoms with E-state index in [0.717, 1.165) is 46.9 Å². The van der Waals surface area contributed by atoms with Crippen molar-refractivity contribution in [2.24, 2.45) is 0 Å². The van der Waals surface area contributed by atoms with Gasteiger partial charge in [-0.05, 0) is 36.4 Å². The van der Waals surface area contributed by atoms with Crippen molar-refractivity contribution in [2.45, 2.75) is 13.0 Å². The van der Waals surface area contributed by atoms with Crippen LogP contribution in [0.4, 0.5) is 0 Å². The molecule has 1 aromatic carbocycles. The molecule has 1 N–H and O–H groups in total. The lowest BCUT2D eigenvalue weighted by atomic mass is 10.1. The lowest BCUT2D eigenvalue weighted by Crippen LogP contribution is -2.18. The first-order valence-corrected chi connectivity index (χ1v) is 9.92. The maximum atomic E-state index is 4.84. The fourth-order valence-electron chi connectivity index (χ4n) is 3.49. The zero-order valence-electron chi connectivity index (χ0n) is 16.4. The molecule has 148 valence electrons. The molecular formula is C23H21N7. The van der Waals surface area contributed by atoms with Crippen molar-refractivity contribution < 1.29 is 0 Å². The van der Waals surface area contributed by atoms with Crippen LogP contribution in [-0.2, 0) is 13.0 Å². The van der Waals surface area contributed by atoms with Crippen molar-refractivity contribution in [3.63, 3.8) is 0 Å². The van der Waals surface area contributed by atoms with E-state index in [2.05, 4.69) is 38.8 Å². The zero-order valence-corrected chi connectivity index (χ0v) is 16.4. The van der Waals surface area contributed by atoms with E-state index in [4.69, 9.17) is 5.10 Å². The van der Waals surface area contributed by atoms with Gasteiger partial charge in [0, 0.05) is 55.4 Å². The molecule has 0 radical (unpaired) electrons. The molecule has 7 nitrogen and oxygen atoms in total. The average molecular weight is 395 g/mol. The first-order valence-electron chi connectivity index (χ1n) is 9.92. The van der Waals surface area contributed by atoms with Crippen molar-refractivity contribution >= 4 is 5.65 Å². The van der Waals surface area contributed by atoms with Gasteiger partial charge in [-0.1, -0.05) is 24.3 Å². The van der Waals surface area contributed by atoms with Crippen LogP contribution in [0.3, 0.4) is 0 Å². The molecule has 7 heteroatoms. The minimum Gasteiger partial charge on any atom is -0.312 e. The van der Waals surface area contributed by atoms with E-state index in [1.54, 1.807) is 12.4 Å². The van der Waals surface area contributed by atoms with Gasteiger partial charge in [0.2, 0.25) is 0 Å². The molecule has 30 heavy (non-hydrogen) atoms. The summed E-state index contributed by atoms with van der Waals surface area (Å²) in [6.07, 6.45) is 8.47. The molecule has 4 aromatic heterocycles. The highest BCUT2D eigenvalue weighted by Gasteiger charge is 2.12. The van der Waals surface area contributed by atoms with E-state index in [0.29, 0.717) is 6.54 Å². The van der Waals surface area contributed by atoms with Gasteiger partial charge in [-0.3, -0.25) is 9.38 Å². The van der Waals surface area contributed by atoms with Crippen LogP contribution in [0.5, 0.6) is 0 Å². The third-order valence-electron chi connectivity index (χ3n) is 4.99. The van der Waals surface area contributed by atoms with Gasteiger partial charge >= 0.3 is 0 Å². The van der Waals surface area contributed by atoms with E-state index >= 15 is 0 Å². The summed E-state index contributed by atoms with van der Waals surface area (Å²) in [6.45, 7) is 1.50. The maximum Gasteiger partial charge on any atom is 0.160 e. The van der Waals surface area contributed by atoms with Crippen LogP contribution in [0, 0.1) is 0 Å². The Morgan fingerprint density at radius 3 is 2.57 bits per heavy atom. The van der Waals surface area contributed by atoms with Gasteiger partial charge in [0.1, 0.15) is 5.82 Å². The number of hydrogen-bond donors (Lipinski definition) is 1. The molecule has 0 aliphatic rings. The quantitative estimate of drug-likeness (QED) is 0.428. The number of pyridine rings is 2. The second-order valence-electron chi connectivity index (χ2n) is 6.99. The Morgan fingerprint density at radius 2 is 1.70 bits per heavy atom. The SMILES string of the molecule is c1ccc(-n2cc(CNCCc3nnc4ccccn34)c(-c3ccncc3)n2)cc1. The van der Waals surface area contributed by atoms with Crippen LogP contribution in [-0.4, -0.2) is 35.9 Å². The highest BCUT2D eigenvalue weighted by atomic mass is 15.3. The predicted molar refractivity (Wildman–Crippen MR) is 115 cm³/mol. The molecule has 5 rings (SSSR count). The molecule has 0 saturated heterocycles. The summed E-state index contributed by atoms with van der Waals surface area (Å²) in [7, 11) is 0. The topological polar surface area (TPSA) is 72.9 Å². The summed E-state index contributed by atoms with van der Waals surface area (Å²) in [4.78, 5) is 4.13. The molecule has 0 spiro atoms. The molecule has 0 saturated carbocycles. The van der Waals surface area contributed by atoms with E-state index in [1.165, 1.54) is 0 Å². The molecule has 0 unspecified atom stereocenters. The second-order valence-corrected chi connectivity index (χ2v) is 6.99. The van der Waals surface area contributed by atoms with Crippen molar-refractivity contribution in [3.8, 4) is 16.9 Å². The Bertz CT molecular complexity index is 1240. The van der Waals surface area contributed by atoms with Gasteiger partial charge in [-0.15, -0.1) is 10.2 Å². The minimum atomic E-state index is 0.710. The number of nitrogens with zero attached hydrogens (tertiary/aromatic N) is 6. The molecule has 0 bridgehead atoms. The molecule has 0 atom stereocenters. The van der Waals surface area contributed by atoms with Crippen molar-refractivity contribution in [3.05, 3.63) is 96.8 Å². The van der Waals surface area contributed by atoms with Gasteiger partial charge in [0.15, 0.2) is 5.65 Å². The van der Waals surface area contributed by atoms with Gasteiger partial charge in [-0.25, -0.2) is 4.68 Å². The summed E-state index contributed by atoms with van der Waals surface area (Å²) < 4.78 is 3.95. The molecule has 0 aliphatic heterocycles. The fraction of sp³-hybridized carbons (Fsp3) is 0.130. The molecule has 4 heterocycles. The van der Waals surface area contributed by atoms with Gasteiger partial charge in [-0.2, -0.15) is 5.10 Å². The Hall–Kier alpha value is -3.84. The summed E-state index contributed by atoms with van der Waals surface area (Å²) in [5, 5.41) is 16.9. The monoisotopic (exact) mass is 395 g/mol. The first kappa shape index (κ1) is 18.2. The van der Waals surface area contributed by atoms with E-state index in [1.807, 2.05) is 63.8 Å². The molecule has 0 amide bonds. The summed E-state index contributed by atoms with van der Waals surface area (Å²) >= 11 is 0. The number of aromatic nitrogens is 6. The molecule has 5 aromatic rings. The minimum absolute atomic E-state index is 0.710. The fourth-order valence-corrected chi connectivity index (χ4v) is 3.49. The van der Waals surface area contributed by atoms with Crippen LogP contribution in [0.15, 0.2) is 85.5 Å². The first-order chi connectivity index (χ1) is 14.9. The number of benzene rings is 1. The standard InChI is InChI=1S/C23H21N7/c1-2-6-20(7-3-1)30-17-19(23(28-30)18-9-12-24-13-10-18)16-25-14-11-22-27-26-21-8-4-5-15-29(21)22/h1-10,12-13,15,17,25H,11,14,16H2. The smallest absolute Gasteiger partial charge is 0.160 e. The van der Waals surface area contributed by atoms with Crippen LogP contribution < -0.4 is 5.32 Å². The van der Waals surface area contributed by atoms with Crippen LogP contribution in [0.1, 0.15) is 11.4 Å². The predicted octanol–water partition coefficient (Wildman–Crippen LogP) is 3.31. The maximum absolute atomic E-state index is 4.84. The van der Waals surface area contributed by atoms with Crippen molar-refractivity contribution in [1.82, 2.24) is 34.7 Å². The third-order valence-corrected chi connectivity index (χ3v) is 4.99. The summed E-state index contributed by atoms with van der Waals surface area (Å²) in [6, 6.07) is 20.0. The number of rotatable bonds is 7. The normalized spacial score (nSPS) is 11.2. The van der Waals surface area contributed by atoms with Gasteiger partial charge in [0.05, 0.1) is 11.4 Å². The largest absolute Gasteiger partial charge is 0.312 e. The van der Waals surface area contributed by atoms with Crippen LogP contribution >= 0.6 is 0 Å². The Balaban J connectivity index is 1.33. The lowest BCUT2D eigenvalue weighted by Gasteiger charge is -2.05. The van der Waals surface area contributed by atoms with E-state index < -0.39 is 0 Å². The van der Waals surface area contributed by atoms with Crippen LogP contribution in [0.2, 0.25) is 0 Å².